The van der Waals surface area contributed by atoms with Crippen LogP contribution in [0.5, 0.6) is 0 Å². The summed E-state index contributed by atoms with van der Waals surface area (Å²) in [5.41, 5.74) is 2.71. The van der Waals surface area contributed by atoms with Crippen molar-refractivity contribution in [2.45, 2.75) is 44.9 Å². The summed E-state index contributed by atoms with van der Waals surface area (Å²) in [5, 5.41) is 10.7. The van der Waals surface area contributed by atoms with E-state index in [1.54, 1.807) is 5.48 Å². The predicted molar refractivity (Wildman–Crippen MR) is 90.3 cm³/mol. The maximum Gasteiger partial charge on any atom is 0.243 e. The third kappa shape index (κ3) is 5.49. The lowest BCUT2D eigenvalue weighted by molar-refractivity contribution is -0.129. The van der Waals surface area contributed by atoms with E-state index in [1.807, 2.05) is 24.3 Å². The van der Waals surface area contributed by atoms with Gasteiger partial charge < -0.3 is 0 Å². The van der Waals surface area contributed by atoms with Gasteiger partial charge in [-0.05, 0) is 29.2 Å². The van der Waals surface area contributed by atoms with Gasteiger partial charge in [0.2, 0.25) is 5.91 Å². The molecule has 0 radical (unpaired) electrons. The molecule has 2 rings (SSSR count). The molecule has 0 bridgehead atoms. The van der Waals surface area contributed by atoms with Gasteiger partial charge in [0, 0.05) is 19.3 Å². The molecule has 122 valence electrons. The number of nitrogens with one attached hydrogen (secondary N) is 1. The summed E-state index contributed by atoms with van der Waals surface area (Å²) in [4.78, 5) is 23.0. The Hall–Kier alpha value is -2.20. The number of fused-ring (bicyclic) bond motifs is 1. The number of rotatable bonds is 9. The minimum absolute atomic E-state index is 0.259. The molecule has 0 atom stereocenters. The van der Waals surface area contributed by atoms with Crippen LogP contribution in [-0.4, -0.2) is 16.9 Å². The molecule has 2 N–H and O–H groups in total. The highest BCUT2D eigenvalue weighted by Crippen LogP contribution is 2.19. The van der Waals surface area contributed by atoms with Crippen LogP contribution in [0, 0.1) is 0 Å². The lowest BCUT2D eigenvalue weighted by Gasteiger charge is -2.06. The van der Waals surface area contributed by atoms with Gasteiger partial charge in [0.25, 0.3) is 0 Å². The van der Waals surface area contributed by atoms with Crippen molar-refractivity contribution < 1.29 is 14.8 Å². The van der Waals surface area contributed by atoms with Crippen LogP contribution in [0.3, 0.4) is 0 Å². The third-order valence-corrected chi connectivity index (χ3v) is 4.00. The topological polar surface area (TPSA) is 66.4 Å². The first-order valence-corrected chi connectivity index (χ1v) is 8.12. The number of hydrogen-bond acceptors (Lipinski definition) is 3. The minimum atomic E-state index is -0.350. The highest BCUT2D eigenvalue weighted by molar-refractivity contribution is 5.90. The van der Waals surface area contributed by atoms with Gasteiger partial charge in [-0.15, -0.1) is 0 Å². The van der Waals surface area contributed by atoms with E-state index in [9.17, 15) is 9.59 Å². The van der Waals surface area contributed by atoms with Crippen LogP contribution < -0.4 is 5.48 Å². The Labute approximate surface area is 136 Å². The second kappa shape index (κ2) is 9.06. The van der Waals surface area contributed by atoms with Gasteiger partial charge in [-0.25, -0.2) is 5.48 Å². The van der Waals surface area contributed by atoms with Gasteiger partial charge >= 0.3 is 0 Å². The zero-order valence-electron chi connectivity index (χ0n) is 13.3. The van der Waals surface area contributed by atoms with E-state index in [0.717, 1.165) is 36.6 Å². The summed E-state index contributed by atoms with van der Waals surface area (Å²) >= 11 is 0. The van der Waals surface area contributed by atoms with Crippen LogP contribution in [0.2, 0.25) is 0 Å². The van der Waals surface area contributed by atoms with Crippen molar-refractivity contribution in [1.82, 2.24) is 5.48 Å². The molecule has 0 aromatic heterocycles. The van der Waals surface area contributed by atoms with Crippen molar-refractivity contribution in [3.63, 3.8) is 0 Å². The number of carbonyl (C=O) groups excluding carboxylic acids is 2. The van der Waals surface area contributed by atoms with Crippen LogP contribution in [0.25, 0.3) is 10.8 Å². The Bertz CT molecular complexity index is 661. The highest BCUT2D eigenvalue weighted by Gasteiger charge is 2.07. The predicted octanol–water partition coefficient (Wildman–Crippen LogP) is 3.80. The molecule has 0 heterocycles. The normalized spacial score (nSPS) is 10.7. The first kappa shape index (κ1) is 17.2. The Kier molecular flexibility index (Phi) is 6.76. The number of unbranched alkanes of at least 4 members (excludes halogenated alkanes) is 3. The molecule has 0 unspecified atom stereocenters. The van der Waals surface area contributed by atoms with Gasteiger partial charge in [-0.2, -0.15) is 0 Å². The fourth-order valence-corrected chi connectivity index (χ4v) is 2.76. The van der Waals surface area contributed by atoms with Crippen LogP contribution in [-0.2, 0) is 16.0 Å². The van der Waals surface area contributed by atoms with E-state index in [1.165, 1.54) is 5.39 Å². The molecule has 4 nitrogen and oxygen atoms in total. The summed E-state index contributed by atoms with van der Waals surface area (Å²) in [5.74, 6) is -0.0912. The molecule has 4 heteroatoms. The summed E-state index contributed by atoms with van der Waals surface area (Å²) in [6.07, 6.45) is 4.81. The third-order valence-electron chi connectivity index (χ3n) is 4.00. The molecule has 0 spiro atoms. The number of amides is 1. The molecule has 0 aliphatic heterocycles. The van der Waals surface area contributed by atoms with Gasteiger partial charge in [-0.1, -0.05) is 55.3 Å². The number of hydrogen-bond donors (Lipinski definition) is 2. The Morgan fingerprint density at radius 3 is 2.35 bits per heavy atom. The fraction of sp³-hybridized carbons (Fsp3) is 0.368. The molecule has 1 amide bonds. The van der Waals surface area contributed by atoms with Gasteiger partial charge in [0.05, 0.1) is 0 Å². The van der Waals surface area contributed by atoms with Gasteiger partial charge in [0.15, 0.2) is 0 Å². The number of benzene rings is 2. The second-order valence-corrected chi connectivity index (χ2v) is 5.80. The Balaban J connectivity index is 1.73. The Morgan fingerprint density at radius 1 is 0.870 bits per heavy atom. The smallest absolute Gasteiger partial charge is 0.243 e. The summed E-state index contributed by atoms with van der Waals surface area (Å²) in [7, 11) is 0. The van der Waals surface area contributed by atoms with Crippen molar-refractivity contribution in [1.29, 1.82) is 0 Å². The maximum atomic E-state index is 12.1. The standard InChI is InChI=1S/C19H23NO3/c21-17(11-3-1-2-4-13-19(22)20-23)14-16-10-7-9-15-8-5-6-12-18(15)16/h5-10,12,23H,1-4,11,13-14H2,(H,20,22). The second-order valence-electron chi connectivity index (χ2n) is 5.80. The first-order chi connectivity index (χ1) is 11.2. The average molecular weight is 313 g/mol. The van der Waals surface area contributed by atoms with Crippen LogP contribution in [0.15, 0.2) is 42.5 Å². The van der Waals surface area contributed by atoms with Crippen molar-refractivity contribution in [2.24, 2.45) is 0 Å². The summed E-state index contributed by atoms with van der Waals surface area (Å²) in [6.45, 7) is 0. The number of hydroxylamine groups is 1. The molecule has 2 aromatic rings. The average Bonchev–Trinajstić information content (AvgIpc) is 2.58. The van der Waals surface area contributed by atoms with Crippen LogP contribution in [0.1, 0.15) is 44.1 Å². The van der Waals surface area contributed by atoms with Crippen molar-refractivity contribution in [3.05, 3.63) is 48.0 Å². The van der Waals surface area contributed by atoms with E-state index >= 15 is 0 Å². The largest absolute Gasteiger partial charge is 0.299 e. The minimum Gasteiger partial charge on any atom is -0.299 e. The van der Waals surface area contributed by atoms with Gasteiger partial charge in [0.1, 0.15) is 5.78 Å². The Morgan fingerprint density at radius 2 is 1.57 bits per heavy atom. The zero-order valence-corrected chi connectivity index (χ0v) is 13.3. The van der Waals surface area contributed by atoms with E-state index in [4.69, 9.17) is 5.21 Å². The van der Waals surface area contributed by atoms with Crippen LogP contribution in [0.4, 0.5) is 0 Å². The number of Topliss-reactive ketones (excluding diaryl/α,β-unsaturated/α-hetero) is 1. The highest BCUT2D eigenvalue weighted by atomic mass is 16.5. The van der Waals surface area contributed by atoms with E-state index in [2.05, 4.69) is 18.2 Å². The maximum absolute atomic E-state index is 12.1. The molecule has 0 fully saturated rings. The molecule has 0 aliphatic carbocycles. The zero-order chi connectivity index (χ0) is 16.5. The fourth-order valence-electron chi connectivity index (χ4n) is 2.76. The molecule has 23 heavy (non-hydrogen) atoms. The molecule has 0 aliphatic rings. The van der Waals surface area contributed by atoms with E-state index in [-0.39, 0.29) is 11.7 Å². The monoisotopic (exact) mass is 313 g/mol. The van der Waals surface area contributed by atoms with Crippen molar-refractivity contribution >= 4 is 22.5 Å². The van der Waals surface area contributed by atoms with Crippen LogP contribution >= 0.6 is 0 Å². The van der Waals surface area contributed by atoms with Crippen molar-refractivity contribution in [2.75, 3.05) is 0 Å². The van der Waals surface area contributed by atoms with E-state index in [0.29, 0.717) is 19.3 Å². The molecule has 0 saturated carbocycles. The summed E-state index contributed by atoms with van der Waals surface area (Å²) in [6, 6.07) is 14.2. The number of ketones is 1. The quantitative estimate of drug-likeness (QED) is 0.420. The number of carbonyl (C=O) groups is 2. The molecular formula is C19H23NO3. The first-order valence-electron chi connectivity index (χ1n) is 8.12. The van der Waals surface area contributed by atoms with E-state index < -0.39 is 0 Å². The SMILES string of the molecule is O=C(CCCCCCC(=O)NO)Cc1cccc2ccccc12. The molecular weight excluding hydrogens is 290 g/mol. The van der Waals surface area contributed by atoms with Gasteiger partial charge in [-0.3, -0.25) is 14.8 Å². The van der Waals surface area contributed by atoms with Crippen molar-refractivity contribution in [3.8, 4) is 0 Å². The molecule has 2 aromatic carbocycles. The summed E-state index contributed by atoms with van der Waals surface area (Å²) < 4.78 is 0. The lowest BCUT2D eigenvalue weighted by Crippen LogP contribution is -2.17. The molecule has 0 saturated heterocycles. The lowest BCUT2D eigenvalue weighted by atomic mass is 9.98.